The van der Waals surface area contributed by atoms with E-state index in [1.54, 1.807) is 25.6 Å². The largest absolute Gasteiger partial charge is 0.475 e. The van der Waals surface area contributed by atoms with Crippen LogP contribution in [0.2, 0.25) is 0 Å². The maximum atomic E-state index is 9.07. The van der Waals surface area contributed by atoms with Crippen molar-refractivity contribution in [3.63, 3.8) is 0 Å². The summed E-state index contributed by atoms with van der Waals surface area (Å²) in [4.78, 5) is 8.62. The zero-order valence-electron chi connectivity index (χ0n) is 23.8. The number of allylic oxidation sites excluding steroid dienone is 4. The van der Waals surface area contributed by atoms with Gasteiger partial charge < -0.3 is 41.4 Å². The lowest BCUT2D eigenvalue weighted by Crippen LogP contribution is -2.46. The van der Waals surface area contributed by atoms with Gasteiger partial charge in [0.2, 0.25) is 5.88 Å². The lowest BCUT2D eigenvalue weighted by Gasteiger charge is -2.42. The van der Waals surface area contributed by atoms with E-state index in [2.05, 4.69) is 58.5 Å². The number of fused-ring (bicyclic) bond motifs is 1. The van der Waals surface area contributed by atoms with Crippen LogP contribution in [0.4, 0.5) is 0 Å². The summed E-state index contributed by atoms with van der Waals surface area (Å²) in [6.07, 6.45) is 13.3. The van der Waals surface area contributed by atoms with Crippen molar-refractivity contribution in [2.45, 2.75) is 19.9 Å². The van der Waals surface area contributed by atoms with Gasteiger partial charge in [-0.15, -0.1) is 0 Å². The number of nitrogens with zero attached hydrogens (tertiary/aromatic N) is 3. The third kappa shape index (κ3) is 7.23. The van der Waals surface area contributed by atoms with Crippen molar-refractivity contribution in [1.82, 2.24) is 25.4 Å². The van der Waals surface area contributed by atoms with E-state index in [9.17, 15) is 0 Å². The molecule has 1 aromatic heterocycles. The van der Waals surface area contributed by atoms with Gasteiger partial charge in [-0.1, -0.05) is 19.9 Å². The summed E-state index contributed by atoms with van der Waals surface area (Å²) in [5, 5.41) is 15.5. The summed E-state index contributed by atoms with van der Waals surface area (Å²) < 4.78 is 10.7. The molecule has 0 aliphatic carbocycles. The molecule has 2 aliphatic heterocycles. The molecular formula is C29H42N8O2. The van der Waals surface area contributed by atoms with Crippen LogP contribution in [0.3, 0.4) is 0 Å². The van der Waals surface area contributed by atoms with Gasteiger partial charge in [-0.3, -0.25) is 5.41 Å². The predicted molar refractivity (Wildman–Crippen MR) is 157 cm³/mol. The van der Waals surface area contributed by atoms with Gasteiger partial charge in [-0.25, -0.2) is 4.98 Å². The fraction of sp³-hybridized carbons (Fsp3) is 0.379. The Bertz CT molecular complexity index is 1230. The van der Waals surface area contributed by atoms with Gasteiger partial charge in [-0.05, 0) is 47.6 Å². The smallest absolute Gasteiger partial charge is 0.213 e. The Labute approximate surface area is 231 Å². The highest BCUT2D eigenvalue weighted by molar-refractivity contribution is 6.13. The van der Waals surface area contributed by atoms with Crippen LogP contribution in [0.5, 0.6) is 5.88 Å². The first-order valence-corrected chi connectivity index (χ1v) is 13.0. The molecule has 10 nitrogen and oxygen atoms in total. The maximum Gasteiger partial charge on any atom is 0.213 e. The topological polar surface area (TPSA) is 138 Å². The average Bonchev–Trinajstić information content (AvgIpc) is 2.92. The first-order valence-electron chi connectivity index (χ1n) is 13.0. The fourth-order valence-electron chi connectivity index (χ4n) is 4.44. The molecule has 0 spiro atoms. The number of hydrogen-bond acceptors (Lipinski definition) is 10. The molecule has 0 bridgehead atoms. The highest BCUT2D eigenvalue weighted by Crippen LogP contribution is 2.31. The molecule has 210 valence electrons. The van der Waals surface area contributed by atoms with Crippen molar-refractivity contribution >= 4 is 5.71 Å². The number of pyridine rings is 1. The summed E-state index contributed by atoms with van der Waals surface area (Å²) in [6, 6.07) is 3.56. The van der Waals surface area contributed by atoms with Crippen molar-refractivity contribution < 1.29 is 9.47 Å². The third-order valence-electron chi connectivity index (χ3n) is 6.64. The number of hydrogen-bond donors (Lipinski definition) is 5. The van der Waals surface area contributed by atoms with Gasteiger partial charge >= 0.3 is 0 Å². The Morgan fingerprint density at radius 1 is 1.28 bits per heavy atom. The summed E-state index contributed by atoms with van der Waals surface area (Å²) in [5.41, 5.74) is 17.1. The number of rotatable bonds is 12. The summed E-state index contributed by atoms with van der Waals surface area (Å²) in [6.45, 7) is 5.66. The molecule has 10 heteroatoms. The monoisotopic (exact) mass is 534 g/mol. The van der Waals surface area contributed by atoms with Crippen molar-refractivity contribution in [2.75, 3.05) is 48.0 Å². The van der Waals surface area contributed by atoms with E-state index in [1.165, 1.54) is 0 Å². The lowest BCUT2D eigenvalue weighted by atomic mass is 9.90. The van der Waals surface area contributed by atoms with E-state index in [1.807, 2.05) is 38.5 Å². The van der Waals surface area contributed by atoms with Gasteiger partial charge in [0, 0.05) is 70.1 Å². The third-order valence-corrected chi connectivity index (χ3v) is 6.64. The average molecular weight is 535 g/mol. The van der Waals surface area contributed by atoms with E-state index in [-0.39, 0.29) is 12.0 Å². The van der Waals surface area contributed by atoms with Crippen molar-refractivity contribution in [1.29, 1.82) is 5.41 Å². The molecule has 1 atom stereocenters. The van der Waals surface area contributed by atoms with E-state index >= 15 is 0 Å². The minimum Gasteiger partial charge on any atom is -0.475 e. The number of aromatic nitrogens is 1. The molecule has 0 saturated carbocycles. The first-order chi connectivity index (χ1) is 18.7. The van der Waals surface area contributed by atoms with E-state index < -0.39 is 0 Å². The quantitative estimate of drug-likeness (QED) is 0.155. The summed E-state index contributed by atoms with van der Waals surface area (Å²) >= 11 is 0. The van der Waals surface area contributed by atoms with Crippen LogP contribution in [0.15, 0.2) is 89.1 Å². The maximum absolute atomic E-state index is 9.07. The SMILES string of the molecule is CN/C=C(\C(=N)c1ccnc(OCCOC)c1)C1=CC2C(=CC=C(N/C(N)=C/C(=C\N)C(C)C)N2C)N(C)C1. The Balaban J connectivity index is 1.87. The Hall–Kier alpha value is -4.18. The van der Waals surface area contributed by atoms with Crippen LogP contribution in [0.1, 0.15) is 19.4 Å². The summed E-state index contributed by atoms with van der Waals surface area (Å²) in [5.74, 6) is 2.10. The first kappa shape index (κ1) is 29.4. The second-order valence-corrected chi connectivity index (χ2v) is 9.74. The number of likely N-dealkylation sites (N-methyl/N-ethyl adjacent to an activating group) is 2. The zero-order valence-corrected chi connectivity index (χ0v) is 23.8. The molecule has 0 amide bonds. The molecular weight excluding hydrogens is 492 g/mol. The Morgan fingerprint density at radius 2 is 2.05 bits per heavy atom. The molecule has 1 aromatic rings. The molecule has 3 heterocycles. The molecule has 0 radical (unpaired) electrons. The normalized spacial score (nSPS) is 18.3. The molecule has 39 heavy (non-hydrogen) atoms. The fourth-order valence-corrected chi connectivity index (χ4v) is 4.44. The standard InChI is InChI=1S/C29H42N8O2/c1-19(2)21(16-30)14-26(31)35-27-8-7-24-25(37(27)5)13-22(18-36(24)4)23(17-33-3)29(32)20-9-10-34-28(15-20)39-12-11-38-6/h7-10,13-17,19,25,32-33,35H,11-12,18,30-31H2,1-6H3/b21-16+,23-17-,26-14+,32-29?. The lowest BCUT2D eigenvalue weighted by molar-refractivity contribution is 0.143. The molecule has 2 aliphatic rings. The zero-order chi connectivity index (χ0) is 28.5. The van der Waals surface area contributed by atoms with Crippen LogP contribution in [-0.2, 0) is 4.74 Å². The van der Waals surface area contributed by atoms with E-state index in [0.717, 1.165) is 33.8 Å². The van der Waals surface area contributed by atoms with Gasteiger partial charge in [0.05, 0.1) is 18.4 Å². The van der Waals surface area contributed by atoms with Gasteiger partial charge in [0.15, 0.2) is 0 Å². The number of methoxy groups -OCH3 is 1. The van der Waals surface area contributed by atoms with E-state index in [4.69, 9.17) is 26.4 Å². The van der Waals surface area contributed by atoms with E-state index in [0.29, 0.717) is 37.2 Å². The van der Waals surface area contributed by atoms with Crippen LogP contribution >= 0.6 is 0 Å². The van der Waals surface area contributed by atoms with Gasteiger partial charge in [-0.2, -0.15) is 0 Å². The molecule has 0 fully saturated rings. The molecule has 0 aromatic carbocycles. The van der Waals surface area contributed by atoms with Crippen LogP contribution < -0.4 is 26.8 Å². The molecule has 7 N–H and O–H groups in total. The van der Waals surface area contributed by atoms with Gasteiger partial charge in [0.1, 0.15) is 18.2 Å². The number of nitrogens with one attached hydrogen (secondary N) is 3. The van der Waals surface area contributed by atoms with Crippen molar-refractivity contribution in [3.8, 4) is 5.88 Å². The van der Waals surface area contributed by atoms with Crippen LogP contribution in [0.25, 0.3) is 0 Å². The van der Waals surface area contributed by atoms with Crippen molar-refractivity contribution in [3.05, 3.63) is 94.7 Å². The van der Waals surface area contributed by atoms with Crippen LogP contribution in [-0.4, -0.2) is 74.5 Å². The highest BCUT2D eigenvalue weighted by atomic mass is 16.5. The second kappa shape index (κ2) is 13.6. The molecule has 3 rings (SSSR count). The van der Waals surface area contributed by atoms with Crippen molar-refractivity contribution in [2.24, 2.45) is 17.4 Å². The summed E-state index contributed by atoms with van der Waals surface area (Å²) in [7, 11) is 7.55. The second-order valence-electron chi connectivity index (χ2n) is 9.74. The Kier molecular flexibility index (Phi) is 10.2. The van der Waals surface area contributed by atoms with Crippen LogP contribution in [0, 0.1) is 11.3 Å². The van der Waals surface area contributed by atoms with Gasteiger partial charge in [0.25, 0.3) is 0 Å². The molecule has 0 saturated heterocycles. The number of ether oxygens (including phenoxy) is 2. The predicted octanol–water partition coefficient (Wildman–Crippen LogP) is 2.38. The molecule has 1 unspecified atom stereocenters. The Morgan fingerprint density at radius 3 is 2.72 bits per heavy atom. The number of nitrogens with two attached hydrogens (primary N) is 2. The minimum absolute atomic E-state index is 0.0490. The highest BCUT2D eigenvalue weighted by Gasteiger charge is 2.31. The minimum atomic E-state index is -0.0490.